The Hall–Kier alpha value is -3.12. The minimum atomic E-state index is -4.41. The Labute approximate surface area is 206 Å². The van der Waals surface area contributed by atoms with Crippen LogP contribution in [0.15, 0.2) is 30.5 Å². The molecule has 1 aromatic carbocycles. The molecular formula is C24H29F3N6O3. The van der Waals surface area contributed by atoms with E-state index in [1.807, 2.05) is 4.90 Å². The molecule has 36 heavy (non-hydrogen) atoms. The van der Waals surface area contributed by atoms with Gasteiger partial charge in [0.2, 0.25) is 5.91 Å². The molecule has 2 amide bonds. The van der Waals surface area contributed by atoms with Gasteiger partial charge in [-0.2, -0.15) is 17.9 Å². The van der Waals surface area contributed by atoms with Crippen molar-refractivity contribution in [1.82, 2.24) is 19.6 Å². The molecule has 1 N–H and O–H groups in total. The lowest BCUT2D eigenvalue weighted by atomic mass is 10.1. The van der Waals surface area contributed by atoms with E-state index in [2.05, 4.69) is 15.3 Å². The van der Waals surface area contributed by atoms with Gasteiger partial charge >= 0.3 is 12.2 Å². The van der Waals surface area contributed by atoms with Crippen molar-refractivity contribution in [2.24, 2.45) is 0 Å². The predicted octanol–water partition coefficient (Wildman–Crippen LogP) is 3.01. The number of amides is 2. The summed E-state index contributed by atoms with van der Waals surface area (Å²) in [5.41, 5.74) is 0.815. The predicted molar refractivity (Wildman–Crippen MR) is 126 cm³/mol. The molecule has 3 saturated heterocycles. The number of alkyl halides is 3. The van der Waals surface area contributed by atoms with Crippen LogP contribution in [0.1, 0.15) is 30.9 Å². The van der Waals surface area contributed by atoms with Gasteiger partial charge in [0, 0.05) is 70.7 Å². The van der Waals surface area contributed by atoms with Crippen molar-refractivity contribution in [2.75, 3.05) is 49.5 Å². The van der Waals surface area contributed by atoms with Gasteiger partial charge in [-0.1, -0.05) is 6.07 Å². The highest BCUT2D eigenvalue weighted by Gasteiger charge is 2.37. The summed E-state index contributed by atoms with van der Waals surface area (Å²) in [6.45, 7) is 5.15. The van der Waals surface area contributed by atoms with Crippen molar-refractivity contribution in [1.29, 1.82) is 0 Å². The van der Waals surface area contributed by atoms with Crippen LogP contribution in [-0.4, -0.2) is 83.0 Å². The maximum atomic E-state index is 13.5. The molecule has 194 valence electrons. The zero-order chi connectivity index (χ0) is 25.4. The second kappa shape index (κ2) is 9.74. The molecule has 0 aliphatic carbocycles. The lowest BCUT2D eigenvalue weighted by Crippen LogP contribution is -2.49. The number of hydrogen-bond acceptors (Lipinski definition) is 6. The first-order chi connectivity index (χ1) is 17.2. The highest BCUT2D eigenvalue weighted by atomic mass is 19.4. The monoisotopic (exact) mass is 506 g/mol. The topological polar surface area (TPSA) is 82.9 Å². The maximum Gasteiger partial charge on any atom is 0.416 e. The van der Waals surface area contributed by atoms with Crippen molar-refractivity contribution in [3.63, 3.8) is 0 Å². The standard InChI is InChI=1S/C24H29F3N6O3/c1-16(34)28-22-6-7-33(29-22)23(35)31-10-8-30(9-11-31)13-17-2-3-18(24(25,26)27)12-21(17)32-14-19-4-5-20(15-32)36-19/h2-3,6-7,12,19-20H,4-5,8-11,13-15H2,1H3,(H,28,29,34). The van der Waals surface area contributed by atoms with E-state index in [4.69, 9.17) is 4.74 Å². The van der Waals surface area contributed by atoms with Crippen molar-refractivity contribution >= 4 is 23.4 Å². The SMILES string of the molecule is CC(=O)Nc1ccn(C(=O)N2CCN(Cc3ccc(C(F)(F)F)cc3N3CC4CCC(C3)O4)CC2)n1. The van der Waals surface area contributed by atoms with Crippen molar-refractivity contribution in [3.05, 3.63) is 41.6 Å². The minimum absolute atomic E-state index is 0.0640. The highest BCUT2D eigenvalue weighted by Crippen LogP contribution is 2.37. The molecule has 2 aromatic rings. The average molecular weight is 507 g/mol. The molecule has 9 nitrogen and oxygen atoms in total. The zero-order valence-electron chi connectivity index (χ0n) is 20.0. The van der Waals surface area contributed by atoms with Crippen molar-refractivity contribution in [3.8, 4) is 0 Å². The third-order valence-electron chi connectivity index (χ3n) is 6.92. The molecule has 0 radical (unpaired) electrons. The number of ether oxygens (including phenoxy) is 1. The molecule has 2 bridgehead atoms. The van der Waals surface area contributed by atoms with Crippen LogP contribution < -0.4 is 10.2 Å². The van der Waals surface area contributed by atoms with Crippen LogP contribution in [0.2, 0.25) is 0 Å². The fourth-order valence-electron chi connectivity index (χ4n) is 5.14. The van der Waals surface area contributed by atoms with E-state index >= 15 is 0 Å². The van der Waals surface area contributed by atoms with Gasteiger partial charge in [0.15, 0.2) is 5.82 Å². The van der Waals surface area contributed by atoms with Gasteiger partial charge in [-0.25, -0.2) is 4.79 Å². The van der Waals surface area contributed by atoms with Crippen LogP contribution in [0.5, 0.6) is 0 Å². The number of halogens is 3. The van der Waals surface area contributed by atoms with Crippen LogP contribution in [0, 0.1) is 0 Å². The number of carbonyl (C=O) groups excluding carboxylic acids is 2. The summed E-state index contributed by atoms with van der Waals surface area (Å²) in [6, 6.07) is 5.27. The highest BCUT2D eigenvalue weighted by molar-refractivity contribution is 5.88. The molecule has 5 rings (SSSR count). The molecule has 4 heterocycles. The van der Waals surface area contributed by atoms with E-state index in [9.17, 15) is 22.8 Å². The van der Waals surface area contributed by atoms with Gasteiger partial charge in [0.25, 0.3) is 0 Å². The largest absolute Gasteiger partial charge is 0.416 e. The number of nitrogens with one attached hydrogen (secondary N) is 1. The van der Waals surface area contributed by atoms with Crippen LogP contribution >= 0.6 is 0 Å². The molecule has 0 saturated carbocycles. The van der Waals surface area contributed by atoms with E-state index in [0.717, 1.165) is 24.5 Å². The smallest absolute Gasteiger partial charge is 0.371 e. The second-order valence-electron chi connectivity index (χ2n) is 9.58. The Morgan fingerprint density at radius 2 is 1.78 bits per heavy atom. The Kier molecular flexibility index (Phi) is 6.64. The van der Waals surface area contributed by atoms with Crippen LogP contribution in [-0.2, 0) is 22.3 Å². The van der Waals surface area contributed by atoms with E-state index in [-0.39, 0.29) is 24.1 Å². The number of rotatable bonds is 4. The van der Waals surface area contributed by atoms with Gasteiger partial charge in [-0.3, -0.25) is 9.69 Å². The molecule has 3 aliphatic rings. The summed E-state index contributed by atoms with van der Waals surface area (Å²) >= 11 is 0. The fourth-order valence-corrected chi connectivity index (χ4v) is 5.14. The summed E-state index contributed by atoms with van der Waals surface area (Å²) in [5.74, 6) is 0.0366. The summed E-state index contributed by atoms with van der Waals surface area (Å²) in [7, 11) is 0. The molecule has 1 aromatic heterocycles. The van der Waals surface area contributed by atoms with Gasteiger partial charge in [-0.15, -0.1) is 5.10 Å². The molecule has 2 atom stereocenters. The van der Waals surface area contributed by atoms with Crippen LogP contribution in [0.4, 0.5) is 29.5 Å². The molecule has 3 aliphatic heterocycles. The van der Waals surface area contributed by atoms with Gasteiger partial charge in [0.05, 0.1) is 17.8 Å². The molecule has 2 unspecified atom stereocenters. The number of hydrogen-bond donors (Lipinski definition) is 1. The lowest BCUT2D eigenvalue weighted by Gasteiger charge is -2.37. The van der Waals surface area contributed by atoms with Gasteiger partial charge < -0.3 is 19.9 Å². The van der Waals surface area contributed by atoms with E-state index in [1.165, 1.54) is 23.9 Å². The second-order valence-corrected chi connectivity index (χ2v) is 9.58. The summed E-state index contributed by atoms with van der Waals surface area (Å²) in [6.07, 6.45) is -0.897. The normalized spacial score (nSPS) is 22.7. The Bertz CT molecular complexity index is 1120. The van der Waals surface area contributed by atoms with Crippen molar-refractivity contribution in [2.45, 2.75) is 44.7 Å². The quantitative estimate of drug-likeness (QED) is 0.687. The number of carbonyl (C=O) groups is 2. The van der Waals surface area contributed by atoms with Gasteiger partial charge in [0.1, 0.15) is 0 Å². The van der Waals surface area contributed by atoms with Gasteiger partial charge in [-0.05, 0) is 30.5 Å². The average Bonchev–Trinajstić information content (AvgIpc) is 3.43. The summed E-state index contributed by atoms with van der Waals surface area (Å²) in [5, 5.41) is 6.63. The van der Waals surface area contributed by atoms with E-state index in [1.54, 1.807) is 17.0 Å². The number of nitrogens with zero attached hydrogens (tertiary/aromatic N) is 5. The van der Waals surface area contributed by atoms with Crippen LogP contribution in [0.3, 0.4) is 0 Å². The number of morpholine rings is 1. The number of fused-ring (bicyclic) bond motifs is 2. The first-order valence-corrected chi connectivity index (χ1v) is 12.1. The molecule has 0 spiro atoms. The van der Waals surface area contributed by atoms with E-state index in [0.29, 0.717) is 57.3 Å². The van der Waals surface area contributed by atoms with Crippen molar-refractivity contribution < 1.29 is 27.5 Å². The van der Waals surface area contributed by atoms with E-state index < -0.39 is 11.7 Å². The first kappa shape index (κ1) is 24.6. The number of benzene rings is 1. The lowest BCUT2D eigenvalue weighted by molar-refractivity contribution is -0.137. The number of anilines is 2. The third-order valence-corrected chi connectivity index (χ3v) is 6.92. The zero-order valence-corrected chi connectivity index (χ0v) is 20.0. The Morgan fingerprint density at radius 3 is 2.42 bits per heavy atom. The molecular weight excluding hydrogens is 477 g/mol. The third kappa shape index (κ3) is 5.34. The first-order valence-electron chi connectivity index (χ1n) is 12.1. The molecule has 3 fully saturated rings. The fraction of sp³-hybridized carbons (Fsp3) is 0.542. The number of aromatic nitrogens is 2. The number of piperazine rings is 1. The Balaban J connectivity index is 1.25. The summed E-state index contributed by atoms with van der Waals surface area (Å²) < 4.78 is 47.6. The minimum Gasteiger partial charge on any atom is -0.371 e. The van der Waals surface area contributed by atoms with Crippen LogP contribution in [0.25, 0.3) is 0 Å². The molecule has 12 heteroatoms. The summed E-state index contributed by atoms with van der Waals surface area (Å²) in [4.78, 5) is 29.8. The maximum absolute atomic E-state index is 13.5. The Morgan fingerprint density at radius 1 is 1.08 bits per heavy atom.